The molecule has 1 amide bonds. The zero-order chi connectivity index (χ0) is 14.1. The quantitative estimate of drug-likeness (QED) is 0.810. The molecule has 1 aromatic carbocycles. The Morgan fingerprint density at radius 2 is 2.10 bits per heavy atom. The van der Waals surface area contributed by atoms with E-state index in [1.165, 1.54) is 11.3 Å². The van der Waals surface area contributed by atoms with Crippen molar-refractivity contribution < 1.29 is 4.79 Å². The fourth-order valence-corrected chi connectivity index (χ4v) is 3.37. The first-order valence-electron chi connectivity index (χ1n) is 7.42. The maximum Gasteiger partial charge on any atom is 0.236 e. The lowest BCUT2D eigenvalue weighted by Crippen LogP contribution is -2.44. The molecule has 2 aliphatic heterocycles. The number of carbonyl (C=O) groups excluding carboxylic acids is 1. The standard InChI is InChI=1S/C16H23N3O/c1-17(2)12-16(20)18-8-5-9-19-14(11-18)10-13-6-3-4-7-15(13)19/h3-4,6-7,14H,5,8-12H2,1-2H3. The van der Waals surface area contributed by atoms with Crippen molar-refractivity contribution in [3.05, 3.63) is 29.8 Å². The van der Waals surface area contributed by atoms with Gasteiger partial charge in [0.25, 0.3) is 0 Å². The summed E-state index contributed by atoms with van der Waals surface area (Å²) in [5.41, 5.74) is 2.80. The molecule has 0 spiro atoms. The van der Waals surface area contributed by atoms with Gasteiger partial charge in [0.15, 0.2) is 0 Å². The molecule has 0 saturated carbocycles. The van der Waals surface area contributed by atoms with Crippen LogP contribution in [0.25, 0.3) is 0 Å². The zero-order valence-electron chi connectivity index (χ0n) is 12.4. The Hall–Kier alpha value is -1.55. The Kier molecular flexibility index (Phi) is 3.66. The Morgan fingerprint density at radius 3 is 2.90 bits per heavy atom. The molecule has 108 valence electrons. The number of likely N-dealkylation sites (N-methyl/N-ethyl adjacent to an activating group) is 1. The molecule has 1 atom stereocenters. The summed E-state index contributed by atoms with van der Waals surface area (Å²) < 4.78 is 0. The van der Waals surface area contributed by atoms with Gasteiger partial charge in [0.2, 0.25) is 5.91 Å². The van der Waals surface area contributed by atoms with Gasteiger partial charge in [-0.3, -0.25) is 4.79 Å². The van der Waals surface area contributed by atoms with Gasteiger partial charge in [-0.25, -0.2) is 0 Å². The molecule has 1 aromatic rings. The van der Waals surface area contributed by atoms with Crippen LogP contribution in [0, 0.1) is 0 Å². The summed E-state index contributed by atoms with van der Waals surface area (Å²) in [6.45, 7) is 3.33. The highest BCUT2D eigenvalue weighted by molar-refractivity contribution is 5.78. The van der Waals surface area contributed by atoms with Crippen LogP contribution in [0.5, 0.6) is 0 Å². The molecule has 2 aliphatic rings. The van der Waals surface area contributed by atoms with Gasteiger partial charge in [-0.1, -0.05) is 18.2 Å². The molecular weight excluding hydrogens is 250 g/mol. The monoisotopic (exact) mass is 273 g/mol. The molecule has 0 bridgehead atoms. The van der Waals surface area contributed by atoms with E-state index in [9.17, 15) is 4.79 Å². The molecule has 0 aliphatic carbocycles. The zero-order valence-corrected chi connectivity index (χ0v) is 12.4. The minimum absolute atomic E-state index is 0.257. The van der Waals surface area contributed by atoms with E-state index in [0.717, 1.165) is 32.5 Å². The van der Waals surface area contributed by atoms with Crippen molar-refractivity contribution in [1.82, 2.24) is 9.80 Å². The second-order valence-corrected chi connectivity index (χ2v) is 6.11. The number of amides is 1. The molecule has 1 saturated heterocycles. The maximum absolute atomic E-state index is 12.3. The van der Waals surface area contributed by atoms with Crippen molar-refractivity contribution in [2.75, 3.05) is 45.2 Å². The van der Waals surface area contributed by atoms with Crippen LogP contribution in [0.15, 0.2) is 24.3 Å². The molecule has 2 heterocycles. The number of hydrogen-bond acceptors (Lipinski definition) is 3. The van der Waals surface area contributed by atoms with Crippen LogP contribution < -0.4 is 4.90 Å². The van der Waals surface area contributed by atoms with E-state index >= 15 is 0 Å². The number of para-hydroxylation sites is 1. The van der Waals surface area contributed by atoms with Crippen molar-refractivity contribution in [2.24, 2.45) is 0 Å². The fraction of sp³-hybridized carbons (Fsp3) is 0.562. The van der Waals surface area contributed by atoms with Crippen LogP contribution >= 0.6 is 0 Å². The van der Waals surface area contributed by atoms with Crippen molar-refractivity contribution in [3.8, 4) is 0 Å². The van der Waals surface area contributed by atoms with Crippen molar-refractivity contribution >= 4 is 11.6 Å². The van der Waals surface area contributed by atoms with E-state index in [1.807, 2.05) is 19.0 Å². The van der Waals surface area contributed by atoms with Crippen LogP contribution in [0.2, 0.25) is 0 Å². The molecule has 3 rings (SSSR count). The van der Waals surface area contributed by atoms with Crippen molar-refractivity contribution in [1.29, 1.82) is 0 Å². The van der Waals surface area contributed by atoms with E-state index in [0.29, 0.717) is 12.6 Å². The van der Waals surface area contributed by atoms with E-state index < -0.39 is 0 Å². The third-order valence-electron chi connectivity index (χ3n) is 4.26. The number of anilines is 1. The largest absolute Gasteiger partial charge is 0.366 e. The summed E-state index contributed by atoms with van der Waals surface area (Å²) in [6, 6.07) is 9.12. The smallest absolute Gasteiger partial charge is 0.236 e. The van der Waals surface area contributed by atoms with E-state index in [4.69, 9.17) is 0 Å². The van der Waals surface area contributed by atoms with Crippen molar-refractivity contribution in [2.45, 2.75) is 18.9 Å². The fourth-order valence-electron chi connectivity index (χ4n) is 3.37. The number of benzene rings is 1. The first kappa shape index (κ1) is 13.4. The van der Waals surface area contributed by atoms with Crippen LogP contribution in [-0.4, -0.2) is 62.0 Å². The third-order valence-corrected chi connectivity index (χ3v) is 4.26. The molecule has 4 nitrogen and oxygen atoms in total. The number of nitrogens with zero attached hydrogens (tertiary/aromatic N) is 3. The molecule has 0 radical (unpaired) electrons. The van der Waals surface area contributed by atoms with Gasteiger partial charge in [0.05, 0.1) is 12.6 Å². The van der Waals surface area contributed by atoms with Gasteiger partial charge in [-0.15, -0.1) is 0 Å². The van der Waals surface area contributed by atoms with E-state index in [1.54, 1.807) is 0 Å². The first-order valence-corrected chi connectivity index (χ1v) is 7.42. The molecular formula is C16H23N3O. The Labute approximate surface area is 121 Å². The maximum atomic E-state index is 12.3. The van der Waals surface area contributed by atoms with Crippen LogP contribution in [-0.2, 0) is 11.2 Å². The highest BCUT2D eigenvalue weighted by Crippen LogP contribution is 2.33. The molecule has 1 fully saturated rings. The number of hydrogen-bond donors (Lipinski definition) is 0. The first-order chi connectivity index (χ1) is 9.65. The van der Waals surface area contributed by atoms with Gasteiger partial charge < -0.3 is 14.7 Å². The average Bonchev–Trinajstić information content (AvgIpc) is 2.61. The molecule has 1 unspecified atom stereocenters. The molecule has 4 heteroatoms. The summed E-state index contributed by atoms with van der Waals surface area (Å²) >= 11 is 0. The third kappa shape index (κ3) is 2.52. The summed E-state index contributed by atoms with van der Waals surface area (Å²) in [4.78, 5) is 18.8. The number of fused-ring (bicyclic) bond motifs is 3. The second kappa shape index (κ2) is 5.44. The highest BCUT2D eigenvalue weighted by atomic mass is 16.2. The summed E-state index contributed by atoms with van der Waals surface area (Å²) in [7, 11) is 3.90. The predicted molar refractivity (Wildman–Crippen MR) is 81.0 cm³/mol. The average molecular weight is 273 g/mol. The normalized spacial score (nSPS) is 21.6. The molecule has 20 heavy (non-hydrogen) atoms. The lowest BCUT2D eigenvalue weighted by molar-refractivity contribution is -0.131. The van der Waals surface area contributed by atoms with Gasteiger partial charge in [-0.2, -0.15) is 0 Å². The minimum Gasteiger partial charge on any atom is -0.366 e. The lowest BCUT2D eigenvalue weighted by atomic mass is 10.1. The highest BCUT2D eigenvalue weighted by Gasteiger charge is 2.33. The van der Waals surface area contributed by atoms with Crippen molar-refractivity contribution in [3.63, 3.8) is 0 Å². The Bertz CT molecular complexity index is 500. The predicted octanol–water partition coefficient (Wildman–Crippen LogP) is 1.21. The van der Waals surface area contributed by atoms with Crippen LogP contribution in [0.1, 0.15) is 12.0 Å². The van der Waals surface area contributed by atoms with Crippen LogP contribution in [0.3, 0.4) is 0 Å². The van der Waals surface area contributed by atoms with E-state index in [-0.39, 0.29) is 5.91 Å². The Morgan fingerprint density at radius 1 is 1.30 bits per heavy atom. The number of rotatable bonds is 2. The Balaban J connectivity index is 1.74. The summed E-state index contributed by atoms with van der Waals surface area (Å²) in [5.74, 6) is 0.257. The minimum atomic E-state index is 0.257. The summed E-state index contributed by atoms with van der Waals surface area (Å²) in [5, 5.41) is 0. The molecule has 0 N–H and O–H groups in total. The SMILES string of the molecule is CN(C)CC(=O)N1CCCN2c3ccccc3CC2C1. The number of carbonyl (C=O) groups is 1. The van der Waals surface area contributed by atoms with Gasteiger partial charge in [0, 0.05) is 25.3 Å². The van der Waals surface area contributed by atoms with Crippen LogP contribution in [0.4, 0.5) is 5.69 Å². The molecule has 0 aromatic heterocycles. The van der Waals surface area contributed by atoms with Gasteiger partial charge in [0.1, 0.15) is 0 Å². The lowest BCUT2D eigenvalue weighted by Gasteiger charge is -2.28. The second-order valence-electron chi connectivity index (χ2n) is 6.11. The van der Waals surface area contributed by atoms with Gasteiger partial charge in [-0.05, 0) is 38.6 Å². The summed E-state index contributed by atoms with van der Waals surface area (Å²) in [6.07, 6.45) is 2.13. The topological polar surface area (TPSA) is 26.8 Å². The van der Waals surface area contributed by atoms with E-state index in [2.05, 4.69) is 34.1 Å². The van der Waals surface area contributed by atoms with Gasteiger partial charge >= 0.3 is 0 Å².